The molecule has 1 aromatic carbocycles. The van der Waals surface area contributed by atoms with Crippen molar-refractivity contribution in [2.45, 2.75) is 31.7 Å². The third kappa shape index (κ3) is 3.59. The number of amides is 1. The molecule has 25 heavy (non-hydrogen) atoms. The third-order valence-corrected chi connectivity index (χ3v) is 5.43. The molecule has 2 aliphatic rings. The van der Waals surface area contributed by atoms with E-state index in [-0.39, 0.29) is 5.91 Å². The van der Waals surface area contributed by atoms with Crippen molar-refractivity contribution in [2.24, 2.45) is 0 Å². The molecule has 0 spiro atoms. The Kier molecular flexibility index (Phi) is 4.79. The number of likely N-dealkylation sites (tertiary alicyclic amines) is 2. The Hall–Kier alpha value is -2.20. The molecule has 2 saturated heterocycles. The van der Waals surface area contributed by atoms with E-state index in [0.717, 1.165) is 42.6 Å². The van der Waals surface area contributed by atoms with Crippen molar-refractivity contribution in [3.63, 3.8) is 0 Å². The van der Waals surface area contributed by atoms with Crippen molar-refractivity contribution in [1.82, 2.24) is 14.8 Å². The summed E-state index contributed by atoms with van der Waals surface area (Å²) < 4.78 is 0. The Morgan fingerprint density at radius 2 is 1.80 bits per heavy atom. The Morgan fingerprint density at radius 1 is 1.00 bits per heavy atom. The first-order valence-electron chi connectivity index (χ1n) is 9.35. The van der Waals surface area contributed by atoms with E-state index in [9.17, 15) is 4.79 Å². The maximum absolute atomic E-state index is 13.0. The fourth-order valence-corrected chi connectivity index (χ4v) is 4.06. The molecule has 1 aromatic heterocycles. The topological polar surface area (TPSA) is 36.4 Å². The fraction of sp³-hybridized carbons (Fsp3) is 0.429. The van der Waals surface area contributed by atoms with Crippen LogP contribution < -0.4 is 0 Å². The van der Waals surface area contributed by atoms with Gasteiger partial charge in [-0.15, -0.1) is 0 Å². The summed E-state index contributed by atoms with van der Waals surface area (Å²) in [6.45, 7) is 4.32. The molecule has 0 unspecified atom stereocenters. The first-order chi connectivity index (χ1) is 12.3. The number of carbonyl (C=O) groups is 1. The summed E-state index contributed by atoms with van der Waals surface area (Å²) in [6, 6.07) is 12.3. The van der Waals surface area contributed by atoms with Crippen LogP contribution in [0.25, 0.3) is 11.1 Å². The third-order valence-electron chi connectivity index (χ3n) is 5.43. The lowest BCUT2D eigenvalue weighted by molar-refractivity contribution is 0.0709. The van der Waals surface area contributed by atoms with Gasteiger partial charge in [-0.25, -0.2) is 0 Å². The Bertz CT molecular complexity index is 708. The minimum absolute atomic E-state index is 0.180. The number of rotatable bonds is 4. The van der Waals surface area contributed by atoms with Crippen molar-refractivity contribution in [1.29, 1.82) is 0 Å². The van der Waals surface area contributed by atoms with Crippen LogP contribution in [0.5, 0.6) is 0 Å². The number of pyridine rings is 1. The number of aromatic nitrogens is 1. The van der Waals surface area contributed by atoms with Crippen LogP contribution in [0.3, 0.4) is 0 Å². The van der Waals surface area contributed by atoms with Crippen molar-refractivity contribution in [3.8, 4) is 11.1 Å². The fourth-order valence-electron chi connectivity index (χ4n) is 4.06. The molecule has 4 heteroatoms. The van der Waals surface area contributed by atoms with Gasteiger partial charge in [-0.3, -0.25) is 9.78 Å². The average molecular weight is 335 g/mol. The predicted octanol–water partition coefficient (Wildman–Crippen LogP) is 3.45. The maximum Gasteiger partial charge on any atom is 0.254 e. The standard InChI is InChI=1S/C21H25N3O/c25-21(24-14-4-6-20(24)16-23-12-1-2-13-23)18-9-7-17(8-10-18)19-5-3-11-22-15-19/h3,5,7-11,15,20H,1-2,4,6,12-14,16H2/t20-/m0/s1. The first kappa shape index (κ1) is 16.3. The molecular weight excluding hydrogens is 310 g/mol. The van der Waals surface area contributed by atoms with E-state index in [1.165, 1.54) is 25.9 Å². The number of nitrogens with zero attached hydrogens (tertiary/aromatic N) is 3. The van der Waals surface area contributed by atoms with Gasteiger partial charge in [0.25, 0.3) is 5.91 Å². The SMILES string of the molecule is O=C(c1ccc(-c2cccnc2)cc1)N1CCC[C@H]1CN1CCCC1. The Balaban J connectivity index is 1.46. The molecule has 1 atom stereocenters. The van der Waals surface area contributed by atoms with E-state index in [1.54, 1.807) is 6.20 Å². The van der Waals surface area contributed by atoms with Crippen molar-refractivity contribution < 1.29 is 4.79 Å². The summed E-state index contributed by atoms with van der Waals surface area (Å²) in [6.07, 6.45) is 8.49. The van der Waals surface area contributed by atoms with Gasteiger partial charge >= 0.3 is 0 Å². The van der Waals surface area contributed by atoms with Gasteiger partial charge in [0.05, 0.1) is 0 Å². The number of hydrogen-bond acceptors (Lipinski definition) is 3. The molecular formula is C21H25N3O. The monoisotopic (exact) mass is 335 g/mol. The van der Waals surface area contributed by atoms with Crippen molar-refractivity contribution in [2.75, 3.05) is 26.2 Å². The van der Waals surface area contributed by atoms with Crippen molar-refractivity contribution in [3.05, 3.63) is 54.4 Å². The highest BCUT2D eigenvalue weighted by Crippen LogP contribution is 2.24. The lowest BCUT2D eigenvalue weighted by atomic mass is 10.0. The van der Waals surface area contributed by atoms with Gasteiger partial charge in [0.15, 0.2) is 0 Å². The van der Waals surface area contributed by atoms with Gasteiger partial charge in [0, 0.05) is 37.1 Å². The minimum atomic E-state index is 0.180. The molecule has 2 aromatic rings. The normalized spacial score (nSPS) is 21.0. The first-order valence-corrected chi connectivity index (χ1v) is 9.35. The van der Waals surface area contributed by atoms with Crippen LogP contribution in [0.15, 0.2) is 48.8 Å². The van der Waals surface area contributed by atoms with Gasteiger partial charge < -0.3 is 9.80 Å². The summed E-state index contributed by atoms with van der Waals surface area (Å²) in [5, 5.41) is 0. The zero-order chi connectivity index (χ0) is 17.1. The van der Waals surface area contributed by atoms with E-state index in [0.29, 0.717) is 6.04 Å². The zero-order valence-electron chi connectivity index (χ0n) is 14.6. The van der Waals surface area contributed by atoms with E-state index in [2.05, 4.69) is 14.8 Å². The molecule has 0 bridgehead atoms. The summed E-state index contributed by atoms with van der Waals surface area (Å²) in [5.41, 5.74) is 2.97. The predicted molar refractivity (Wildman–Crippen MR) is 99.4 cm³/mol. The lowest BCUT2D eigenvalue weighted by Gasteiger charge is -2.28. The van der Waals surface area contributed by atoms with E-state index in [1.807, 2.05) is 42.6 Å². The second kappa shape index (κ2) is 7.36. The van der Waals surface area contributed by atoms with Crippen LogP contribution >= 0.6 is 0 Å². The van der Waals surface area contributed by atoms with Crippen LogP contribution in [0.1, 0.15) is 36.0 Å². The maximum atomic E-state index is 13.0. The summed E-state index contributed by atoms with van der Waals surface area (Å²) >= 11 is 0. The molecule has 0 saturated carbocycles. The summed E-state index contributed by atoms with van der Waals surface area (Å²) in [4.78, 5) is 21.7. The van der Waals surface area contributed by atoms with Crippen LogP contribution in [-0.4, -0.2) is 52.9 Å². The molecule has 0 radical (unpaired) electrons. The number of hydrogen-bond donors (Lipinski definition) is 0. The van der Waals surface area contributed by atoms with Crippen LogP contribution in [-0.2, 0) is 0 Å². The number of benzene rings is 1. The second-order valence-corrected chi connectivity index (χ2v) is 7.12. The van der Waals surface area contributed by atoms with Crippen LogP contribution in [0.4, 0.5) is 0 Å². The van der Waals surface area contributed by atoms with Gasteiger partial charge in [-0.2, -0.15) is 0 Å². The van der Waals surface area contributed by atoms with Gasteiger partial charge in [0.2, 0.25) is 0 Å². The number of carbonyl (C=O) groups excluding carboxylic acids is 1. The minimum Gasteiger partial charge on any atom is -0.334 e. The molecule has 0 N–H and O–H groups in total. The quantitative estimate of drug-likeness (QED) is 0.859. The molecule has 0 aliphatic carbocycles. The molecule has 2 fully saturated rings. The zero-order valence-corrected chi connectivity index (χ0v) is 14.6. The molecule has 2 aliphatic heterocycles. The van der Waals surface area contributed by atoms with E-state index in [4.69, 9.17) is 0 Å². The van der Waals surface area contributed by atoms with Crippen molar-refractivity contribution >= 4 is 5.91 Å². The van der Waals surface area contributed by atoms with E-state index < -0.39 is 0 Å². The summed E-state index contributed by atoms with van der Waals surface area (Å²) in [7, 11) is 0. The highest BCUT2D eigenvalue weighted by Gasteiger charge is 2.31. The molecule has 1 amide bonds. The molecule has 130 valence electrons. The average Bonchev–Trinajstić information content (AvgIpc) is 3.34. The smallest absolute Gasteiger partial charge is 0.254 e. The highest BCUT2D eigenvalue weighted by atomic mass is 16.2. The molecule has 4 rings (SSSR count). The van der Waals surface area contributed by atoms with Gasteiger partial charge in [0.1, 0.15) is 0 Å². The molecule has 3 heterocycles. The second-order valence-electron chi connectivity index (χ2n) is 7.12. The molecule has 4 nitrogen and oxygen atoms in total. The highest BCUT2D eigenvalue weighted by molar-refractivity contribution is 5.95. The van der Waals surface area contributed by atoms with Crippen LogP contribution in [0.2, 0.25) is 0 Å². The summed E-state index contributed by atoms with van der Waals surface area (Å²) in [5.74, 6) is 0.180. The van der Waals surface area contributed by atoms with E-state index >= 15 is 0 Å². The Morgan fingerprint density at radius 3 is 2.52 bits per heavy atom. The largest absolute Gasteiger partial charge is 0.334 e. The Labute approximate surface area is 149 Å². The van der Waals surface area contributed by atoms with Gasteiger partial charge in [-0.05, 0) is 68.1 Å². The lowest BCUT2D eigenvalue weighted by Crippen LogP contribution is -2.42. The van der Waals surface area contributed by atoms with Gasteiger partial charge in [-0.1, -0.05) is 18.2 Å². The van der Waals surface area contributed by atoms with Crippen LogP contribution in [0, 0.1) is 0 Å².